The fourth-order valence-corrected chi connectivity index (χ4v) is 4.11. The Labute approximate surface area is 143 Å². The summed E-state index contributed by atoms with van der Waals surface area (Å²) in [6.45, 7) is 0. The molecule has 0 N–H and O–H groups in total. The molecular formula is C16H9F6NO2S. The number of nitrogens with zero attached hydrogens (tertiary/aromatic N) is 1. The van der Waals surface area contributed by atoms with Gasteiger partial charge in [0.05, 0.1) is 21.7 Å². The molecular weight excluding hydrogens is 384 g/mol. The zero-order valence-corrected chi connectivity index (χ0v) is 13.5. The maximum Gasteiger partial charge on any atom is 0.416 e. The summed E-state index contributed by atoms with van der Waals surface area (Å²) in [6.07, 6.45) is -10.3. The molecule has 2 aromatic rings. The minimum atomic E-state index is -5.03. The molecule has 0 aromatic heterocycles. The molecule has 26 heavy (non-hydrogen) atoms. The lowest BCUT2D eigenvalue weighted by molar-refractivity contribution is -0.143. The maximum absolute atomic E-state index is 12.9. The average Bonchev–Trinajstić information content (AvgIpc) is 2.77. The molecule has 1 heterocycles. The molecule has 0 unspecified atom stereocenters. The molecule has 0 aliphatic carbocycles. The lowest BCUT2D eigenvalue weighted by Crippen LogP contribution is -2.11. The van der Waals surface area contributed by atoms with E-state index in [2.05, 4.69) is 4.99 Å². The molecule has 1 aliphatic heterocycles. The molecule has 1 aliphatic rings. The van der Waals surface area contributed by atoms with Gasteiger partial charge in [-0.3, -0.25) is 0 Å². The van der Waals surface area contributed by atoms with Crippen LogP contribution in [-0.2, 0) is 28.6 Å². The third-order valence-electron chi connectivity index (χ3n) is 3.74. The van der Waals surface area contributed by atoms with Crippen LogP contribution in [0.15, 0.2) is 52.4 Å². The number of fused-ring (bicyclic) bond motifs is 1. The van der Waals surface area contributed by atoms with Crippen LogP contribution in [0.4, 0.5) is 32.0 Å². The topological polar surface area (TPSA) is 46.5 Å². The molecule has 0 radical (unpaired) electrons. The molecule has 0 fully saturated rings. The van der Waals surface area contributed by atoms with Gasteiger partial charge < -0.3 is 0 Å². The van der Waals surface area contributed by atoms with Gasteiger partial charge in [0.2, 0.25) is 9.84 Å². The number of benzene rings is 2. The number of rotatable bonds is 1. The SMILES string of the molecule is O=S1(=O)C(=Nc2cc(C(F)(F)F)cc(C(F)(F)F)c2)Cc2ccccc21. The summed E-state index contributed by atoms with van der Waals surface area (Å²) in [6, 6.07) is 6.58. The molecule has 138 valence electrons. The van der Waals surface area contributed by atoms with E-state index in [0.29, 0.717) is 17.7 Å². The highest BCUT2D eigenvalue weighted by Gasteiger charge is 2.38. The highest BCUT2D eigenvalue weighted by atomic mass is 32.2. The maximum atomic E-state index is 12.9. The number of aliphatic imine (C=N–C) groups is 1. The number of hydrogen-bond donors (Lipinski definition) is 0. The van der Waals surface area contributed by atoms with Crippen molar-refractivity contribution in [2.24, 2.45) is 4.99 Å². The largest absolute Gasteiger partial charge is 0.416 e. The Hall–Kier alpha value is -2.36. The lowest BCUT2D eigenvalue weighted by Gasteiger charge is -2.12. The van der Waals surface area contributed by atoms with Gasteiger partial charge >= 0.3 is 12.4 Å². The summed E-state index contributed by atoms with van der Waals surface area (Å²) in [5.41, 5.74) is -3.45. The highest BCUT2D eigenvalue weighted by Crippen LogP contribution is 2.39. The Morgan fingerprint density at radius 3 is 1.88 bits per heavy atom. The molecule has 3 rings (SSSR count). The van der Waals surface area contributed by atoms with Gasteiger partial charge in [0.25, 0.3) is 0 Å². The van der Waals surface area contributed by atoms with Gasteiger partial charge in [-0.25, -0.2) is 13.4 Å². The van der Waals surface area contributed by atoms with Crippen LogP contribution in [0.5, 0.6) is 0 Å². The lowest BCUT2D eigenvalue weighted by atomic mass is 10.1. The van der Waals surface area contributed by atoms with E-state index in [0.717, 1.165) is 0 Å². The molecule has 0 spiro atoms. The van der Waals surface area contributed by atoms with Gasteiger partial charge in [-0.05, 0) is 29.8 Å². The van der Waals surface area contributed by atoms with E-state index >= 15 is 0 Å². The van der Waals surface area contributed by atoms with Gasteiger partial charge in [0.15, 0.2) is 0 Å². The van der Waals surface area contributed by atoms with Crippen LogP contribution in [-0.4, -0.2) is 13.5 Å². The quantitative estimate of drug-likeness (QED) is 0.655. The minimum Gasteiger partial charge on any atom is -0.241 e. The van der Waals surface area contributed by atoms with Crippen molar-refractivity contribution in [3.05, 3.63) is 59.2 Å². The van der Waals surface area contributed by atoms with Crippen molar-refractivity contribution in [2.75, 3.05) is 0 Å². The first kappa shape index (κ1) is 18.4. The Balaban J connectivity index is 2.15. The summed E-state index contributed by atoms with van der Waals surface area (Å²) in [5.74, 6) is 0. The third-order valence-corrected chi connectivity index (χ3v) is 5.57. The number of sulfone groups is 1. The van der Waals surface area contributed by atoms with Crippen LogP contribution in [0.2, 0.25) is 0 Å². The Bertz CT molecular complexity index is 974. The molecule has 10 heteroatoms. The van der Waals surface area contributed by atoms with Crippen LogP contribution in [0.25, 0.3) is 0 Å². The minimum absolute atomic E-state index is 0.0401. The zero-order valence-electron chi connectivity index (χ0n) is 12.7. The fraction of sp³-hybridized carbons (Fsp3) is 0.188. The van der Waals surface area contributed by atoms with E-state index in [1.54, 1.807) is 6.07 Å². The third kappa shape index (κ3) is 3.33. The van der Waals surface area contributed by atoms with Crippen molar-refractivity contribution in [2.45, 2.75) is 23.7 Å². The molecule has 3 nitrogen and oxygen atoms in total. The van der Waals surface area contributed by atoms with Crippen LogP contribution in [0.3, 0.4) is 0 Å². The zero-order chi connectivity index (χ0) is 19.3. The number of alkyl halides is 6. The smallest absolute Gasteiger partial charge is 0.241 e. The van der Waals surface area contributed by atoms with Crippen LogP contribution in [0.1, 0.15) is 16.7 Å². The van der Waals surface area contributed by atoms with Gasteiger partial charge in [-0.15, -0.1) is 0 Å². The Morgan fingerprint density at radius 2 is 1.38 bits per heavy atom. The Kier molecular flexibility index (Phi) is 4.13. The Morgan fingerprint density at radius 1 is 0.846 bits per heavy atom. The van der Waals surface area contributed by atoms with Crippen molar-refractivity contribution < 1.29 is 34.8 Å². The van der Waals surface area contributed by atoms with Crippen molar-refractivity contribution in [3.8, 4) is 0 Å². The second-order valence-electron chi connectivity index (χ2n) is 5.56. The number of hydrogen-bond acceptors (Lipinski definition) is 3. The van der Waals surface area contributed by atoms with E-state index in [4.69, 9.17) is 0 Å². The van der Waals surface area contributed by atoms with Crippen molar-refractivity contribution in [1.29, 1.82) is 0 Å². The molecule has 0 bridgehead atoms. The summed E-state index contributed by atoms with van der Waals surface area (Å²) in [5, 5.41) is -0.494. The van der Waals surface area contributed by atoms with Crippen molar-refractivity contribution >= 4 is 20.6 Å². The van der Waals surface area contributed by atoms with Gasteiger partial charge in [-0.1, -0.05) is 18.2 Å². The number of halogens is 6. The van der Waals surface area contributed by atoms with Crippen LogP contribution in [0, 0.1) is 0 Å². The molecule has 0 saturated carbocycles. The highest BCUT2D eigenvalue weighted by molar-refractivity contribution is 8.06. The summed E-state index contributed by atoms with van der Waals surface area (Å²) < 4.78 is 102. The summed E-state index contributed by atoms with van der Waals surface area (Å²) >= 11 is 0. The normalized spacial score (nSPS) is 18.2. The fourth-order valence-electron chi connectivity index (χ4n) is 2.54. The molecule has 2 aromatic carbocycles. The van der Waals surface area contributed by atoms with Gasteiger partial charge in [0, 0.05) is 6.42 Å². The standard InChI is InChI=1S/C16H9F6NO2S/c17-15(18,19)10-6-11(16(20,21)22)8-12(7-10)23-14-5-9-3-1-2-4-13(9)26(14,24)25/h1-4,6-8H,5H2. The summed E-state index contributed by atoms with van der Waals surface area (Å²) in [7, 11) is -4.05. The second-order valence-corrected chi connectivity index (χ2v) is 7.48. The first-order valence-corrected chi connectivity index (χ1v) is 8.57. The van der Waals surface area contributed by atoms with Gasteiger partial charge in [-0.2, -0.15) is 26.3 Å². The molecule has 0 atom stereocenters. The monoisotopic (exact) mass is 393 g/mol. The van der Waals surface area contributed by atoms with Gasteiger partial charge in [0.1, 0.15) is 5.04 Å². The predicted molar refractivity (Wildman–Crippen MR) is 80.9 cm³/mol. The first-order chi connectivity index (χ1) is 11.9. The average molecular weight is 393 g/mol. The molecule has 0 saturated heterocycles. The van der Waals surface area contributed by atoms with Crippen LogP contribution >= 0.6 is 0 Å². The van der Waals surface area contributed by atoms with Crippen LogP contribution < -0.4 is 0 Å². The molecule has 0 amide bonds. The van der Waals surface area contributed by atoms with E-state index in [1.807, 2.05) is 0 Å². The van der Waals surface area contributed by atoms with Crippen molar-refractivity contribution in [3.63, 3.8) is 0 Å². The predicted octanol–water partition coefficient (Wildman–Crippen LogP) is 4.78. The van der Waals surface area contributed by atoms with E-state index in [-0.39, 0.29) is 17.4 Å². The van der Waals surface area contributed by atoms with E-state index < -0.39 is 44.0 Å². The second kappa shape index (κ2) is 5.83. The van der Waals surface area contributed by atoms with Crippen molar-refractivity contribution in [1.82, 2.24) is 0 Å². The first-order valence-electron chi connectivity index (χ1n) is 7.09. The summed E-state index contributed by atoms with van der Waals surface area (Å²) in [4.78, 5) is 3.55. The van der Waals surface area contributed by atoms with E-state index in [9.17, 15) is 34.8 Å². The van der Waals surface area contributed by atoms with E-state index in [1.165, 1.54) is 18.2 Å².